The van der Waals surface area contributed by atoms with Gasteiger partial charge in [-0.3, -0.25) is 4.79 Å². The van der Waals surface area contributed by atoms with Crippen LogP contribution in [0.2, 0.25) is 0 Å². The number of carboxylic acids is 1. The number of ether oxygens (including phenoxy) is 1. The van der Waals surface area contributed by atoms with E-state index in [1.165, 1.54) is 32.0 Å². The molecule has 0 aromatic heterocycles. The van der Waals surface area contributed by atoms with E-state index in [1.807, 2.05) is 0 Å². The molecule has 1 rings (SSSR count). The maximum Gasteiger partial charge on any atom is 0.335 e. The summed E-state index contributed by atoms with van der Waals surface area (Å²) in [6.45, 7) is 6.53. The number of benzene rings is 1. The fourth-order valence-electron chi connectivity index (χ4n) is 1.65. The minimum absolute atomic E-state index is 0.0388. The van der Waals surface area contributed by atoms with Gasteiger partial charge in [0.25, 0.3) is 0 Å². The van der Waals surface area contributed by atoms with Gasteiger partial charge in [0.05, 0.1) is 22.6 Å². The maximum absolute atomic E-state index is 12.0. The predicted octanol–water partition coefficient (Wildman–Crippen LogP) is 1.93. The van der Waals surface area contributed by atoms with Crippen molar-refractivity contribution in [1.82, 2.24) is 0 Å². The molecule has 0 heterocycles. The molecule has 0 saturated carbocycles. The average molecular weight is 343 g/mol. The fourth-order valence-corrected chi connectivity index (χ4v) is 2.42. The van der Waals surface area contributed by atoms with Crippen molar-refractivity contribution in [2.75, 3.05) is 11.1 Å². The predicted molar refractivity (Wildman–Crippen MR) is 86.7 cm³/mol. The highest BCUT2D eigenvalue weighted by atomic mass is 32.2. The van der Waals surface area contributed by atoms with Gasteiger partial charge in [-0.25, -0.2) is 13.2 Å². The Bertz CT molecular complexity index is 694. The molecular formula is C15H21NO6S. The lowest BCUT2D eigenvalue weighted by molar-refractivity contribution is -0.113. The number of carbonyl (C=O) groups excluding carboxylic acids is 1. The van der Waals surface area contributed by atoms with Gasteiger partial charge >= 0.3 is 5.97 Å². The maximum atomic E-state index is 12.0. The van der Waals surface area contributed by atoms with Gasteiger partial charge in [-0.15, -0.1) is 0 Å². The molecule has 7 nitrogen and oxygen atoms in total. The number of carbonyl (C=O) groups is 2. The first kappa shape index (κ1) is 19.0. The first-order valence-corrected chi connectivity index (χ1v) is 8.80. The third kappa shape index (κ3) is 5.55. The molecule has 0 atom stereocenters. The summed E-state index contributed by atoms with van der Waals surface area (Å²) in [5, 5.41) is 10.8. The van der Waals surface area contributed by atoms with E-state index in [1.54, 1.807) is 13.8 Å². The highest BCUT2D eigenvalue weighted by molar-refractivity contribution is 7.92. The van der Waals surface area contributed by atoms with Gasteiger partial charge in [0.1, 0.15) is 11.5 Å². The van der Waals surface area contributed by atoms with E-state index in [-0.39, 0.29) is 23.1 Å². The molecule has 0 unspecified atom stereocenters. The van der Waals surface area contributed by atoms with Gasteiger partial charge < -0.3 is 15.2 Å². The monoisotopic (exact) mass is 343 g/mol. The first-order chi connectivity index (χ1) is 10.5. The van der Waals surface area contributed by atoms with Crippen LogP contribution in [0.5, 0.6) is 5.75 Å². The molecule has 1 amide bonds. The van der Waals surface area contributed by atoms with Crippen LogP contribution in [0.4, 0.5) is 5.69 Å². The van der Waals surface area contributed by atoms with Crippen molar-refractivity contribution in [3.05, 3.63) is 23.8 Å². The number of hydrogen-bond donors (Lipinski definition) is 2. The van der Waals surface area contributed by atoms with Crippen LogP contribution in [0.3, 0.4) is 0 Å². The smallest absolute Gasteiger partial charge is 0.335 e. The molecule has 1 aromatic rings. The van der Waals surface area contributed by atoms with Crippen molar-refractivity contribution in [1.29, 1.82) is 0 Å². The third-order valence-corrected chi connectivity index (χ3v) is 5.01. The molecule has 1 aromatic carbocycles. The molecule has 0 aliphatic heterocycles. The summed E-state index contributed by atoms with van der Waals surface area (Å²) in [5.74, 6) is -2.30. The molecule has 0 aliphatic rings. The summed E-state index contributed by atoms with van der Waals surface area (Å²) in [7, 11) is -3.55. The van der Waals surface area contributed by atoms with Crippen LogP contribution in [-0.2, 0) is 14.6 Å². The molecule has 0 saturated heterocycles. The van der Waals surface area contributed by atoms with Crippen LogP contribution in [0, 0.1) is 0 Å². The van der Waals surface area contributed by atoms with Gasteiger partial charge in [-0.2, -0.15) is 0 Å². The molecule has 23 heavy (non-hydrogen) atoms. The normalized spacial score (nSPS) is 11.6. The fraction of sp³-hybridized carbons (Fsp3) is 0.467. The van der Waals surface area contributed by atoms with Crippen molar-refractivity contribution in [2.24, 2.45) is 0 Å². The Hall–Kier alpha value is -2.09. The quantitative estimate of drug-likeness (QED) is 0.783. The summed E-state index contributed by atoms with van der Waals surface area (Å²) in [4.78, 5) is 23.0. The van der Waals surface area contributed by atoms with Gasteiger partial charge in [0.15, 0.2) is 9.84 Å². The Labute approximate surface area is 135 Å². The lowest BCUT2D eigenvalue weighted by Gasteiger charge is -2.16. The Balaban J connectivity index is 3.06. The largest absolute Gasteiger partial charge is 0.489 e. The number of carboxylic acid groups (broad SMARTS) is 1. The van der Waals surface area contributed by atoms with Crippen LogP contribution in [0.15, 0.2) is 18.2 Å². The minimum atomic E-state index is -3.55. The SMILES string of the molecule is CC(C)Oc1ccc(C(=O)O)cc1NC(=O)CS(=O)(=O)C(C)C. The molecule has 0 spiro atoms. The highest BCUT2D eigenvalue weighted by Crippen LogP contribution is 2.27. The van der Waals surface area contributed by atoms with E-state index >= 15 is 0 Å². The number of hydrogen-bond acceptors (Lipinski definition) is 5. The van der Waals surface area contributed by atoms with E-state index in [0.29, 0.717) is 0 Å². The number of nitrogens with one attached hydrogen (secondary N) is 1. The molecular weight excluding hydrogens is 322 g/mol. The Morgan fingerprint density at radius 2 is 1.83 bits per heavy atom. The van der Waals surface area contributed by atoms with Crippen LogP contribution >= 0.6 is 0 Å². The lowest BCUT2D eigenvalue weighted by Crippen LogP contribution is -2.28. The van der Waals surface area contributed by atoms with Crippen LogP contribution in [0.1, 0.15) is 38.1 Å². The number of aromatic carboxylic acids is 1. The summed E-state index contributed by atoms with van der Waals surface area (Å²) >= 11 is 0. The number of rotatable bonds is 7. The molecule has 8 heteroatoms. The van der Waals surface area contributed by atoms with Crippen molar-refractivity contribution in [3.63, 3.8) is 0 Å². The number of amides is 1. The summed E-state index contributed by atoms with van der Waals surface area (Å²) < 4.78 is 29.1. The average Bonchev–Trinajstić information content (AvgIpc) is 2.38. The van der Waals surface area contributed by atoms with Gasteiger partial charge in [0.2, 0.25) is 5.91 Å². The van der Waals surface area contributed by atoms with Crippen molar-refractivity contribution >= 4 is 27.4 Å². The van der Waals surface area contributed by atoms with E-state index in [0.717, 1.165) is 0 Å². The molecule has 0 aliphatic carbocycles. The molecule has 128 valence electrons. The van der Waals surface area contributed by atoms with Crippen LogP contribution < -0.4 is 10.1 Å². The molecule has 0 bridgehead atoms. The lowest BCUT2D eigenvalue weighted by atomic mass is 10.2. The summed E-state index contributed by atoms with van der Waals surface area (Å²) in [6, 6.07) is 4.01. The zero-order valence-corrected chi connectivity index (χ0v) is 14.3. The Kier molecular flexibility index (Phi) is 6.14. The Morgan fingerprint density at radius 3 is 2.30 bits per heavy atom. The molecule has 0 radical (unpaired) electrons. The second kappa shape index (κ2) is 7.45. The van der Waals surface area contributed by atoms with E-state index in [9.17, 15) is 18.0 Å². The van der Waals surface area contributed by atoms with Gasteiger partial charge in [0, 0.05) is 0 Å². The minimum Gasteiger partial charge on any atom is -0.489 e. The summed E-state index contributed by atoms with van der Waals surface area (Å²) in [6.07, 6.45) is -0.194. The van der Waals surface area contributed by atoms with Crippen molar-refractivity contribution in [3.8, 4) is 5.75 Å². The zero-order valence-electron chi connectivity index (χ0n) is 13.5. The summed E-state index contributed by atoms with van der Waals surface area (Å²) in [5.41, 5.74) is 0.0886. The number of anilines is 1. The van der Waals surface area contributed by atoms with E-state index in [4.69, 9.17) is 9.84 Å². The highest BCUT2D eigenvalue weighted by Gasteiger charge is 2.22. The van der Waals surface area contributed by atoms with E-state index in [2.05, 4.69) is 5.32 Å². The van der Waals surface area contributed by atoms with Gasteiger partial charge in [-0.05, 0) is 45.9 Å². The Morgan fingerprint density at radius 1 is 1.22 bits per heavy atom. The van der Waals surface area contributed by atoms with Crippen molar-refractivity contribution < 1.29 is 27.9 Å². The van der Waals surface area contributed by atoms with Crippen LogP contribution in [-0.4, -0.2) is 42.5 Å². The van der Waals surface area contributed by atoms with Crippen LogP contribution in [0.25, 0.3) is 0 Å². The topological polar surface area (TPSA) is 110 Å². The second-order valence-electron chi connectivity index (χ2n) is 5.59. The first-order valence-electron chi connectivity index (χ1n) is 7.08. The zero-order chi connectivity index (χ0) is 17.8. The third-order valence-electron chi connectivity index (χ3n) is 2.91. The standard InChI is InChI=1S/C15H21NO6S/c1-9(2)22-13-6-5-11(15(18)19)7-12(13)16-14(17)8-23(20,21)10(3)4/h5-7,9-10H,8H2,1-4H3,(H,16,17)(H,18,19). The molecule has 2 N–H and O–H groups in total. The van der Waals surface area contributed by atoms with E-state index < -0.39 is 32.7 Å². The number of sulfone groups is 1. The van der Waals surface area contributed by atoms with Crippen molar-refractivity contribution in [2.45, 2.75) is 39.0 Å². The second-order valence-corrected chi connectivity index (χ2v) is 8.14. The molecule has 0 fully saturated rings. The van der Waals surface area contributed by atoms with Gasteiger partial charge in [-0.1, -0.05) is 0 Å².